The van der Waals surface area contributed by atoms with Crippen LogP contribution in [0.25, 0.3) is 0 Å². The van der Waals surface area contributed by atoms with Crippen molar-refractivity contribution in [3.8, 4) is 0 Å². The zero-order valence-electron chi connectivity index (χ0n) is 17.3. The third-order valence-corrected chi connectivity index (χ3v) is 7.07. The van der Waals surface area contributed by atoms with E-state index in [1.54, 1.807) is 18.5 Å². The predicted molar refractivity (Wildman–Crippen MR) is 121 cm³/mol. The number of nitrogens with two attached hydrogens (primary N) is 1. The van der Waals surface area contributed by atoms with Crippen molar-refractivity contribution in [3.63, 3.8) is 0 Å². The highest BCUT2D eigenvalue weighted by Crippen LogP contribution is 2.43. The summed E-state index contributed by atoms with van der Waals surface area (Å²) in [7, 11) is 0. The lowest BCUT2D eigenvalue weighted by atomic mass is 9.97. The molecule has 6 nitrogen and oxygen atoms in total. The summed E-state index contributed by atoms with van der Waals surface area (Å²) in [6, 6.07) is 5.28. The first-order valence-electron chi connectivity index (χ1n) is 10.4. The molecule has 1 saturated heterocycles. The van der Waals surface area contributed by atoms with Gasteiger partial charge in [0.1, 0.15) is 12.1 Å². The standard InChI is InChI=1S/C22H27Cl2N5O/c1-13-9-14(2)20-19(13)21(27-12-26-20)28-5-7-29(8-6-28)22(30)16(11-25)15-3-4-17(23)18(24)10-15/h3-4,10,12-14,16H,5-9,11,25H2,1-2H3/t13-,14?,16-/m1/s1. The van der Waals surface area contributed by atoms with Crippen molar-refractivity contribution >= 4 is 34.9 Å². The first-order valence-corrected chi connectivity index (χ1v) is 11.2. The molecule has 1 aliphatic heterocycles. The number of aromatic nitrogens is 2. The molecule has 0 bridgehead atoms. The molecule has 3 atom stereocenters. The molecule has 0 spiro atoms. The zero-order chi connectivity index (χ0) is 21.4. The van der Waals surface area contributed by atoms with Gasteiger partial charge in [-0.1, -0.05) is 43.1 Å². The van der Waals surface area contributed by atoms with E-state index in [1.165, 1.54) is 11.3 Å². The van der Waals surface area contributed by atoms with E-state index in [0.717, 1.165) is 30.9 Å². The van der Waals surface area contributed by atoms with Gasteiger partial charge >= 0.3 is 0 Å². The van der Waals surface area contributed by atoms with E-state index in [1.807, 2.05) is 11.0 Å². The Balaban J connectivity index is 1.47. The molecule has 4 rings (SSSR count). The Labute approximate surface area is 187 Å². The lowest BCUT2D eigenvalue weighted by molar-refractivity contribution is -0.132. The Hall–Kier alpha value is -1.89. The minimum atomic E-state index is -0.421. The van der Waals surface area contributed by atoms with E-state index in [4.69, 9.17) is 28.9 Å². The van der Waals surface area contributed by atoms with Crippen molar-refractivity contribution < 1.29 is 4.79 Å². The van der Waals surface area contributed by atoms with Crippen LogP contribution in [-0.2, 0) is 4.79 Å². The monoisotopic (exact) mass is 447 g/mol. The Bertz CT molecular complexity index is 945. The normalized spacial score (nSPS) is 22.2. The van der Waals surface area contributed by atoms with Gasteiger partial charge in [0.25, 0.3) is 0 Å². The molecule has 1 aromatic carbocycles. The summed E-state index contributed by atoms with van der Waals surface area (Å²) in [6.07, 6.45) is 2.79. The summed E-state index contributed by atoms with van der Waals surface area (Å²) in [5, 5.41) is 0.907. The summed E-state index contributed by atoms with van der Waals surface area (Å²) in [5.74, 6) is 1.57. The van der Waals surface area contributed by atoms with E-state index in [-0.39, 0.29) is 12.5 Å². The highest BCUT2D eigenvalue weighted by Gasteiger charge is 2.34. The van der Waals surface area contributed by atoms with Gasteiger partial charge in [0.2, 0.25) is 5.91 Å². The van der Waals surface area contributed by atoms with Crippen LogP contribution in [0.5, 0.6) is 0 Å². The maximum Gasteiger partial charge on any atom is 0.231 e. The van der Waals surface area contributed by atoms with Crippen molar-refractivity contribution in [2.45, 2.75) is 38.0 Å². The third kappa shape index (κ3) is 3.88. The fourth-order valence-electron chi connectivity index (χ4n) is 4.74. The Morgan fingerprint density at radius 1 is 1.13 bits per heavy atom. The average Bonchev–Trinajstić information content (AvgIpc) is 3.05. The molecule has 1 aliphatic carbocycles. The number of carbonyl (C=O) groups excluding carboxylic acids is 1. The molecule has 2 aromatic rings. The molecule has 0 saturated carbocycles. The van der Waals surface area contributed by atoms with E-state index in [2.05, 4.69) is 28.7 Å². The van der Waals surface area contributed by atoms with Crippen molar-refractivity contribution in [1.82, 2.24) is 14.9 Å². The van der Waals surface area contributed by atoms with Crippen LogP contribution >= 0.6 is 23.2 Å². The highest BCUT2D eigenvalue weighted by atomic mass is 35.5. The van der Waals surface area contributed by atoms with E-state index < -0.39 is 5.92 Å². The number of halogens is 2. The molecule has 2 aliphatic rings. The van der Waals surface area contributed by atoms with Crippen LogP contribution in [-0.4, -0.2) is 53.5 Å². The van der Waals surface area contributed by atoms with Crippen molar-refractivity contribution in [3.05, 3.63) is 51.4 Å². The number of amides is 1. The molecule has 160 valence electrons. The van der Waals surface area contributed by atoms with Gasteiger partial charge in [-0.2, -0.15) is 0 Å². The zero-order valence-corrected chi connectivity index (χ0v) is 18.8. The van der Waals surface area contributed by atoms with E-state index in [0.29, 0.717) is 35.0 Å². The molecule has 1 unspecified atom stereocenters. The SMILES string of the molecule is CC1C[C@@H](C)c2c1ncnc2N1CCN(C(=O)[C@H](CN)c2ccc(Cl)c(Cl)c2)CC1. The Kier molecular flexibility index (Phi) is 6.19. The maximum absolute atomic E-state index is 13.2. The number of benzene rings is 1. The molecule has 8 heteroatoms. The Morgan fingerprint density at radius 2 is 1.87 bits per heavy atom. The molecule has 1 amide bonds. The van der Waals surface area contributed by atoms with Gasteiger partial charge in [-0.15, -0.1) is 0 Å². The molecular formula is C22H27Cl2N5O. The van der Waals surface area contributed by atoms with Crippen LogP contribution in [0, 0.1) is 0 Å². The summed E-state index contributed by atoms with van der Waals surface area (Å²) in [4.78, 5) is 26.5. The summed E-state index contributed by atoms with van der Waals surface area (Å²) in [5.41, 5.74) is 9.21. The van der Waals surface area contributed by atoms with Crippen LogP contribution in [0.1, 0.15) is 54.8 Å². The molecule has 1 fully saturated rings. The highest BCUT2D eigenvalue weighted by molar-refractivity contribution is 6.42. The molecule has 1 aromatic heterocycles. The lowest BCUT2D eigenvalue weighted by Crippen LogP contribution is -2.51. The average molecular weight is 448 g/mol. The van der Waals surface area contributed by atoms with Gasteiger partial charge in [-0.25, -0.2) is 9.97 Å². The minimum Gasteiger partial charge on any atom is -0.353 e. The molecule has 2 N–H and O–H groups in total. The lowest BCUT2D eigenvalue weighted by Gasteiger charge is -2.37. The second kappa shape index (κ2) is 8.69. The topological polar surface area (TPSA) is 75.4 Å². The largest absolute Gasteiger partial charge is 0.353 e. The minimum absolute atomic E-state index is 0.0328. The number of hydrogen-bond acceptors (Lipinski definition) is 5. The Morgan fingerprint density at radius 3 is 2.53 bits per heavy atom. The van der Waals surface area contributed by atoms with Crippen LogP contribution in [0.4, 0.5) is 5.82 Å². The van der Waals surface area contributed by atoms with Gasteiger partial charge in [-0.3, -0.25) is 4.79 Å². The number of nitrogens with zero attached hydrogens (tertiary/aromatic N) is 4. The van der Waals surface area contributed by atoms with Crippen LogP contribution in [0.2, 0.25) is 10.0 Å². The van der Waals surface area contributed by atoms with Crippen LogP contribution < -0.4 is 10.6 Å². The van der Waals surface area contributed by atoms with E-state index in [9.17, 15) is 4.79 Å². The summed E-state index contributed by atoms with van der Waals surface area (Å²) < 4.78 is 0. The number of fused-ring (bicyclic) bond motifs is 1. The third-order valence-electron chi connectivity index (χ3n) is 6.33. The smallest absolute Gasteiger partial charge is 0.231 e. The molecule has 0 radical (unpaired) electrons. The second-order valence-electron chi connectivity index (χ2n) is 8.31. The van der Waals surface area contributed by atoms with Gasteiger partial charge in [0.15, 0.2) is 0 Å². The second-order valence-corrected chi connectivity index (χ2v) is 9.12. The van der Waals surface area contributed by atoms with Gasteiger partial charge in [0, 0.05) is 38.3 Å². The van der Waals surface area contributed by atoms with Crippen LogP contribution in [0.15, 0.2) is 24.5 Å². The summed E-state index contributed by atoms with van der Waals surface area (Å²) >= 11 is 12.2. The number of anilines is 1. The molecule has 2 heterocycles. The quantitative estimate of drug-likeness (QED) is 0.771. The fourth-order valence-corrected chi connectivity index (χ4v) is 5.05. The maximum atomic E-state index is 13.2. The first-order chi connectivity index (χ1) is 14.4. The first kappa shape index (κ1) is 21.3. The predicted octanol–water partition coefficient (Wildman–Crippen LogP) is 3.79. The fraction of sp³-hybridized carbons (Fsp3) is 0.500. The van der Waals surface area contributed by atoms with Crippen LogP contribution in [0.3, 0.4) is 0 Å². The molecule has 30 heavy (non-hydrogen) atoms. The van der Waals surface area contributed by atoms with Gasteiger partial charge < -0.3 is 15.5 Å². The number of rotatable bonds is 4. The number of piperazine rings is 1. The van der Waals surface area contributed by atoms with Gasteiger partial charge in [-0.05, 0) is 36.0 Å². The summed E-state index contributed by atoms with van der Waals surface area (Å²) in [6.45, 7) is 7.47. The number of hydrogen-bond donors (Lipinski definition) is 1. The van der Waals surface area contributed by atoms with E-state index >= 15 is 0 Å². The van der Waals surface area contributed by atoms with Crippen molar-refractivity contribution in [2.75, 3.05) is 37.6 Å². The van der Waals surface area contributed by atoms with Crippen molar-refractivity contribution in [2.24, 2.45) is 5.73 Å². The van der Waals surface area contributed by atoms with Gasteiger partial charge in [0.05, 0.1) is 21.7 Å². The number of carbonyl (C=O) groups is 1. The van der Waals surface area contributed by atoms with Crippen molar-refractivity contribution in [1.29, 1.82) is 0 Å². The molecular weight excluding hydrogens is 421 g/mol.